The monoisotopic (exact) mass is 623 g/mol. The van der Waals surface area contributed by atoms with E-state index in [1.165, 1.54) is 18.5 Å². The molecular weight excluding hydrogens is 581 g/mol. The van der Waals surface area contributed by atoms with Gasteiger partial charge in [0, 0.05) is 96.5 Å². The minimum Gasteiger partial charge on any atom is -0.404 e. The zero-order valence-corrected chi connectivity index (χ0v) is 26.6. The molecule has 0 spiro atoms. The molecule has 1 atom stereocenters. The van der Waals surface area contributed by atoms with Crippen LogP contribution in [0.15, 0.2) is 71.0 Å². The summed E-state index contributed by atoms with van der Waals surface area (Å²) in [5, 5.41) is 9.47. The van der Waals surface area contributed by atoms with Crippen LogP contribution in [-0.2, 0) is 13.1 Å². The third kappa shape index (κ3) is 7.03. The van der Waals surface area contributed by atoms with Gasteiger partial charge in [-0.1, -0.05) is 0 Å². The van der Waals surface area contributed by atoms with Gasteiger partial charge in [0.05, 0.1) is 30.6 Å². The number of aliphatic hydroxyl groups is 1. The van der Waals surface area contributed by atoms with Crippen molar-refractivity contribution < 1.29 is 9.50 Å². The number of hydrogen-bond donors (Lipinski definition) is 2. The molecule has 1 saturated carbocycles. The van der Waals surface area contributed by atoms with Gasteiger partial charge in [0.1, 0.15) is 5.82 Å². The molecule has 1 aliphatic heterocycles. The van der Waals surface area contributed by atoms with E-state index in [9.17, 15) is 4.79 Å². The quantitative estimate of drug-likeness (QED) is 0.228. The Morgan fingerprint density at radius 1 is 1.13 bits per heavy atom. The Labute approximate surface area is 268 Å². The van der Waals surface area contributed by atoms with Gasteiger partial charge in [-0.3, -0.25) is 24.7 Å². The molecule has 2 aliphatic rings. The molecule has 0 radical (unpaired) electrons. The van der Waals surface area contributed by atoms with Crippen molar-refractivity contribution in [3.05, 3.63) is 105 Å². The van der Waals surface area contributed by atoms with Crippen LogP contribution in [0.5, 0.6) is 0 Å². The molecule has 4 heterocycles. The molecule has 9 nitrogen and oxygen atoms in total. The fourth-order valence-electron chi connectivity index (χ4n) is 6.44. The van der Waals surface area contributed by atoms with Crippen LogP contribution in [0.4, 0.5) is 10.1 Å². The van der Waals surface area contributed by atoms with Crippen molar-refractivity contribution in [1.29, 1.82) is 0 Å². The Morgan fingerprint density at radius 2 is 1.98 bits per heavy atom. The highest BCUT2D eigenvalue weighted by atomic mass is 19.1. The summed E-state index contributed by atoms with van der Waals surface area (Å²) in [6.07, 6.45) is 12.6. The third-order valence-electron chi connectivity index (χ3n) is 8.98. The number of pyridine rings is 3. The summed E-state index contributed by atoms with van der Waals surface area (Å²) < 4.78 is 17.8. The first-order valence-corrected chi connectivity index (χ1v) is 16.1. The number of rotatable bonds is 11. The lowest BCUT2D eigenvalue weighted by atomic mass is 10.00. The van der Waals surface area contributed by atoms with E-state index in [1.54, 1.807) is 6.07 Å². The van der Waals surface area contributed by atoms with Crippen LogP contribution in [0, 0.1) is 19.7 Å². The highest BCUT2D eigenvalue weighted by Crippen LogP contribution is 2.38. The number of allylic oxidation sites excluding steroid dienone is 1. The zero-order valence-electron chi connectivity index (χ0n) is 26.6. The van der Waals surface area contributed by atoms with Crippen LogP contribution in [0.2, 0.25) is 0 Å². The second-order valence-corrected chi connectivity index (χ2v) is 12.5. The first-order valence-electron chi connectivity index (χ1n) is 16.1. The molecule has 1 aliphatic carbocycles. The number of nitrogens with zero attached hydrogens (tertiary/aromatic N) is 6. The predicted octanol–water partition coefficient (Wildman–Crippen LogP) is 4.92. The highest BCUT2D eigenvalue weighted by molar-refractivity contribution is 6.10. The first-order chi connectivity index (χ1) is 22.3. The summed E-state index contributed by atoms with van der Waals surface area (Å²) in [7, 11) is 0. The molecule has 4 aromatic rings. The molecule has 0 bridgehead atoms. The van der Waals surface area contributed by atoms with Crippen LogP contribution in [0.1, 0.15) is 59.8 Å². The molecule has 1 saturated heterocycles. The largest absolute Gasteiger partial charge is 0.404 e. The number of aliphatic hydroxyl groups excluding tert-OH is 1. The molecule has 3 N–H and O–H groups in total. The van der Waals surface area contributed by atoms with Crippen molar-refractivity contribution in [2.45, 2.75) is 64.7 Å². The molecule has 2 fully saturated rings. The van der Waals surface area contributed by atoms with Crippen LogP contribution >= 0.6 is 0 Å². The summed E-state index contributed by atoms with van der Waals surface area (Å²) >= 11 is 0. The minimum absolute atomic E-state index is 0.113. The molecular formula is C36H42FN7O2. The second kappa shape index (κ2) is 13.9. The van der Waals surface area contributed by atoms with Crippen LogP contribution < -0.4 is 16.1 Å². The second-order valence-electron chi connectivity index (χ2n) is 12.5. The number of benzene rings is 1. The van der Waals surface area contributed by atoms with E-state index >= 15 is 4.39 Å². The van der Waals surface area contributed by atoms with Gasteiger partial charge in [0.15, 0.2) is 5.43 Å². The van der Waals surface area contributed by atoms with Gasteiger partial charge in [-0.05, 0) is 81.5 Å². The van der Waals surface area contributed by atoms with Gasteiger partial charge < -0.3 is 20.3 Å². The summed E-state index contributed by atoms with van der Waals surface area (Å²) in [5.41, 5.74) is 11.9. The summed E-state index contributed by atoms with van der Waals surface area (Å²) in [5.74, 6) is -0.532. The van der Waals surface area contributed by atoms with Crippen LogP contribution in [0.25, 0.3) is 16.5 Å². The van der Waals surface area contributed by atoms with Gasteiger partial charge in [0.25, 0.3) is 0 Å². The van der Waals surface area contributed by atoms with Gasteiger partial charge in [-0.25, -0.2) is 4.39 Å². The molecule has 240 valence electrons. The van der Waals surface area contributed by atoms with Crippen molar-refractivity contribution in [3.8, 4) is 0 Å². The molecule has 46 heavy (non-hydrogen) atoms. The third-order valence-corrected chi connectivity index (χ3v) is 8.98. The van der Waals surface area contributed by atoms with E-state index in [2.05, 4.69) is 41.5 Å². The van der Waals surface area contributed by atoms with E-state index in [0.29, 0.717) is 35.1 Å². The zero-order chi connectivity index (χ0) is 32.2. The number of halogens is 1. The average molecular weight is 624 g/mol. The number of nitrogens with two attached hydrogens (primary N) is 1. The van der Waals surface area contributed by atoms with Crippen LogP contribution in [0.3, 0.4) is 0 Å². The van der Waals surface area contributed by atoms with Gasteiger partial charge in [0.2, 0.25) is 0 Å². The lowest BCUT2D eigenvalue weighted by Crippen LogP contribution is -2.48. The average Bonchev–Trinajstić information content (AvgIpc) is 3.90. The van der Waals surface area contributed by atoms with Crippen molar-refractivity contribution in [2.75, 3.05) is 31.1 Å². The lowest BCUT2D eigenvalue weighted by molar-refractivity contribution is 0.158. The number of anilines is 1. The Balaban J connectivity index is 1.38. The normalized spacial score (nSPS) is 17.5. The maximum Gasteiger partial charge on any atom is 0.193 e. The smallest absolute Gasteiger partial charge is 0.193 e. The number of aromatic nitrogens is 3. The molecule has 6 rings (SSSR count). The number of aryl methyl sites for hydroxylation is 2. The maximum absolute atomic E-state index is 15.7. The number of aliphatic imine (C=N–C) groups is 1. The number of fused-ring (bicyclic) bond motifs is 1. The van der Waals surface area contributed by atoms with Crippen molar-refractivity contribution in [3.63, 3.8) is 0 Å². The maximum atomic E-state index is 15.7. The standard InChI is InChI=1S/C36H42FN7O2/c1-24-5-6-30(19-41-24)42-12-3-4-31(23-42)43(20-26-9-10-40-25(2)14-26)21-28-22-44(29-7-8-29)35-16-32(27(17-38)18-39-11-13-45)34(37)15-33(35)36(28)46/h5-6,9-10,14-19,22,29,31,45H,3-4,7-8,11-13,20-21,23,38H2,1-2H3/b27-17+,39-18?. The molecule has 1 aromatic carbocycles. The first kappa shape index (κ1) is 31.6. The van der Waals surface area contributed by atoms with Crippen molar-refractivity contribution in [2.24, 2.45) is 10.7 Å². The number of piperidine rings is 1. The summed E-state index contributed by atoms with van der Waals surface area (Å²) in [6.45, 7) is 6.96. The van der Waals surface area contributed by atoms with Crippen LogP contribution in [-0.4, -0.2) is 63.0 Å². The number of hydrogen-bond acceptors (Lipinski definition) is 8. The van der Waals surface area contributed by atoms with Gasteiger partial charge in [-0.15, -0.1) is 0 Å². The Kier molecular flexibility index (Phi) is 9.56. The van der Waals surface area contributed by atoms with E-state index in [1.807, 2.05) is 44.6 Å². The molecule has 10 heteroatoms. The molecule has 0 amide bonds. The van der Waals surface area contributed by atoms with Gasteiger partial charge >= 0.3 is 0 Å². The van der Waals surface area contributed by atoms with Gasteiger partial charge in [-0.2, -0.15) is 0 Å². The summed E-state index contributed by atoms with van der Waals surface area (Å²) in [6, 6.07) is 11.8. The topological polar surface area (TPSA) is 113 Å². The fourth-order valence-corrected chi connectivity index (χ4v) is 6.44. The minimum atomic E-state index is -0.532. The molecule has 1 unspecified atom stereocenters. The van der Waals surface area contributed by atoms with Crippen molar-refractivity contribution >= 4 is 28.4 Å². The van der Waals surface area contributed by atoms with E-state index in [0.717, 1.165) is 61.4 Å². The Hall–Kier alpha value is -4.41. The lowest BCUT2D eigenvalue weighted by Gasteiger charge is -2.40. The summed E-state index contributed by atoms with van der Waals surface area (Å²) in [4.78, 5) is 32.0. The van der Waals surface area contributed by atoms with E-state index < -0.39 is 5.82 Å². The molecule has 3 aromatic heterocycles. The Morgan fingerprint density at radius 3 is 2.70 bits per heavy atom. The fraction of sp³-hybridized carbons (Fsp3) is 0.389. The van der Waals surface area contributed by atoms with Crippen molar-refractivity contribution in [1.82, 2.24) is 19.4 Å². The predicted molar refractivity (Wildman–Crippen MR) is 181 cm³/mol. The Bertz CT molecular complexity index is 1810. The van der Waals surface area contributed by atoms with E-state index in [4.69, 9.17) is 10.8 Å². The highest BCUT2D eigenvalue weighted by Gasteiger charge is 2.30. The SMILES string of the molecule is Cc1ccc(N2CCCC(N(Cc3ccnc(C)c3)Cc3cn(C4CC4)c4cc(/C(C=NCCO)=C/N)c(F)cc4c3=O)C2)cn1. The van der Waals surface area contributed by atoms with E-state index in [-0.39, 0.29) is 36.2 Å².